The molecule has 0 aliphatic carbocycles. The molecular formula is C21H27NO5S2. The van der Waals surface area contributed by atoms with Gasteiger partial charge in [0, 0.05) is 12.1 Å². The highest BCUT2D eigenvalue weighted by Gasteiger charge is 2.45. The number of rotatable bonds is 6. The zero-order valence-corrected chi connectivity index (χ0v) is 17.9. The number of nitrogens with zero attached hydrogens (tertiary/aromatic N) is 1. The van der Waals surface area contributed by atoms with Gasteiger partial charge in [-0.15, -0.1) is 0 Å². The molecule has 2 heterocycles. The Morgan fingerprint density at radius 1 is 1.00 bits per heavy atom. The third kappa shape index (κ3) is 4.18. The van der Waals surface area contributed by atoms with Crippen LogP contribution in [0.2, 0.25) is 0 Å². The summed E-state index contributed by atoms with van der Waals surface area (Å²) >= 11 is 0. The summed E-state index contributed by atoms with van der Waals surface area (Å²) in [6.45, 7) is 3.33. The van der Waals surface area contributed by atoms with Crippen molar-refractivity contribution < 1.29 is 22.3 Å². The fraction of sp³-hybridized carbons (Fsp3) is 0.429. The number of sulfone groups is 1. The second kappa shape index (κ2) is 8.28. The molecular weight excluding hydrogens is 410 g/mol. The van der Waals surface area contributed by atoms with Gasteiger partial charge >= 0.3 is 0 Å². The lowest BCUT2D eigenvalue weighted by molar-refractivity contribution is 0.182. The molecule has 2 aliphatic rings. The van der Waals surface area contributed by atoms with Crippen molar-refractivity contribution in [2.24, 2.45) is 0 Å². The molecule has 2 aromatic rings. The van der Waals surface area contributed by atoms with Crippen LogP contribution in [0.1, 0.15) is 30.1 Å². The van der Waals surface area contributed by atoms with E-state index in [0.717, 1.165) is 19.6 Å². The molecule has 0 bridgehead atoms. The zero-order chi connectivity index (χ0) is 20.5. The van der Waals surface area contributed by atoms with Crippen LogP contribution >= 0.6 is 10.6 Å². The van der Waals surface area contributed by atoms with Crippen molar-refractivity contribution in [1.29, 1.82) is 0 Å². The average Bonchev–Trinajstić information content (AvgIpc) is 3.02. The van der Waals surface area contributed by atoms with Crippen LogP contribution in [0.15, 0.2) is 58.3 Å². The fourth-order valence-electron chi connectivity index (χ4n) is 4.12. The van der Waals surface area contributed by atoms with E-state index in [9.17, 15) is 17.5 Å². The lowest BCUT2D eigenvalue weighted by atomic mass is 10.1. The number of benzene rings is 2. The summed E-state index contributed by atoms with van der Waals surface area (Å²) < 4.78 is 53.7. The molecule has 6 nitrogen and oxygen atoms in total. The highest BCUT2D eigenvalue weighted by atomic mass is 32.3. The van der Waals surface area contributed by atoms with Crippen molar-refractivity contribution >= 4 is 20.4 Å². The van der Waals surface area contributed by atoms with Crippen molar-refractivity contribution in [3.63, 3.8) is 0 Å². The van der Waals surface area contributed by atoms with E-state index in [2.05, 4.69) is 4.90 Å². The van der Waals surface area contributed by atoms with Gasteiger partial charge in [-0.2, -0.15) is 10.6 Å². The first kappa shape index (κ1) is 20.7. The van der Waals surface area contributed by atoms with Gasteiger partial charge in [-0.3, -0.25) is 14.0 Å². The predicted molar refractivity (Wildman–Crippen MR) is 115 cm³/mol. The Bertz CT molecular complexity index is 956. The van der Waals surface area contributed by atoms with E-state index in [-0.39, 0.29) is 15.5 Å². The number of hydrogen-bond acceptors (Lipinski definition) is 6. The smallest absolute Gasteiger partial charge is 0.187 e. The molecule has 0 spiro atoms. The van der Waals surface area contributed by atoms with Gasteiger partial charge in [-0.1, -0.05) is 30.7 Å². The zero-order valence-electron chi connectivity index (χ0n) is 16.2. The first-order chi connectivity index (χ1) is 13.9. The normalized spacial score (nSPS) is 22.8. The van der Waals surface area contributed by atoms with Gasteiger partial charge < -0.3 is 4.74 Å². The molecule has 1 unspecified atom stereocenters. The maximum absolute atomic E-state index is 13.3. The molecule has 1 saturated heterocycles. The van der Waals surface area contributed by atoms with E-state index in [1.807, 2.05) is 0 Å². The number of ether oxygens (including phenoxy) is 1. The maximum atomic E-state index is 13.3. The van der Waals surface area contributed by atoms with E-state index >= 15 is 0 Å². The molecule has 2 N–H and O–H groups in total. The van der Waals surface area contributed by atoms with Gasteiger partial charge in [-0.05, 0) is 50.2 Å². The number of fused-ring (bicyclic) bond motifs is 1. The van der Waals surface area contributed by atoms with E-state index in [1.165, 1.54) is 19.3 Å². The molecule has 2 aliphatic heterocycles. The largest absolute Gasteiger partial charge is 0.492 e. The van der Waals surface area contributed by atoms with Crippen LogP contribution in [-0.2, 0) is 9.84 Å². The van der Waals surface area contributed by atoms with Crippen molar-refractivity contribution in [3.8, 4) is 5.75 Å². The first-order valence-electron chi connectivity index (χ1n) is 9.92. The van der Waals surface area contributed by atoms with E-state index < -0.39 is 25.7 Å². The summed E-state index contributed by atoms with van der Waals surface area (Å²) in [5, 5.41) is -1.03. The Kier molecular flexibility index (Phi) is 5.90. The number of piperidine rings is 1. The van der Waals surface area contributed by atoms with Crippen LogP contribution in [0, 0.1) is 0 Å². The Hall–Kier alpha value is -1.58. The molecule has 158 valence electrons. The molecule has 29 heavy (non-hydrogen) atoms. The van der Waals surface area contributed by atoms with Gasteiger partial charge in [0.1, 0.15) is 17.6 Å². The van der Waals surface area contributed by atoms with Crippen LogP contribution in [0.4, 0.5) is 0 Å². The van der Waals surface area contributed by atoms with Gasteiger partial charge in [-0.25, -0.2) is 8.42 Å². The number of likely N-dealkylation sites (tertiary alicyclic amines) is 1. The highest BCUT2D eigenvalue weighted by Crippen LogP contribution is 2.63. The van der Waals surface area contributed by atoms with Crippen molar-refractivity contribution in [2.45, 2.75) is 34.3 Å². The van der Waals surface area contributed by atoms with Gasteiger partial charge in [0.25, 0.3) is 0 Å². The van der Waals surface area contributed by atoms with Crippen LogP contribution in [0.3, 0.4) is 0 Å². The van der Waals surface area contributed by atoms with Gasteiger partial charge in [0.15, 0.2) is 9.84 Å². The molecule has 1 atom stereocenters. The molecule has 0 radical (unpaired) electrons. The molecule has 1 fully saturated rings. The van der Waals surface area contributed by atoms with E-state index in [1.54, 1.807) is 48.5 Å². The van der Waals surface area contributed by atoms with E-state index in [0.29, 0.717) is 17.9 Å². The lowest BCUT2D eigenvalue weighted by Gasteiger charge is -2.27. The quantitative estimate of drug-likeness (QED) is 0.705. The maximum Gasteiger partial charge on any atom is 0.187 e. The number of hydrogen-bond donors (Lipinski definition) is 2. The summed E-state index contributed by atoms with van der Waals surface area (Å²) in [5.74, 6) is 0.202. The van der Waals surface area contributed by atoms with Crippen LogP contribution in [0.5, 0.6) is 5.75 Å². The standard InChI is InChI=1S/C21H27NO5S2/c23-28(24)16-20(29(25,26)17-8-3-1-4-9-17)21-18(10-7-11-19(21)28)27-15-14-22-12-5-2-6-13-22/h1,3-4,7-11,20,23-24H,2,5-6,12-16H2. The molecule has 8 heteroatoms. The minimum absolute atomic E-state index is 0.177. The Morgan fingerprint density at radius 3 is 2.45 bits per heavy atom. The summed E-state index contributed by atoms with van der Waals surface area (Å²) in [7, 11) is -6.96. The Morgan fingerprint density at radius 2 is 1.72 bits per heavy atom. The SMILES string of the molecule is O=S(=O)(c1ccccc1)C1CS(O)(O)c2cccc(OCCN3CCCCC3)c21. The summed E-state index contributed by atoms with van der Waals surface area (Å²) in [6, 6.07) is 13.2. The Labute approximate surface area is 173 Å². The summed E-state index contributed by atoms with van der Waals surface area (Å²) in [5.41, 5.74) is 0.398. The van der Waals surface area contributed by atoms with Gasteiger partial charge in [0.2, 0.25) is 0 Å². The topological polar surface area (TPSA) is 87.1 Å². The fourth-order valence-corrected chi connectivity index (χ4v) is 8.56. The molecule has 2 aromatic carbocycles. The summed E-state index contributed by atoms with van der Waals surface area (Å²) in [6.07, 6.45) is 3.65. The summed E-state index contributed by atoms with van der Waals surface area (Å²) in [4.78, 5) is 2.81. The monoisotopic (exact) mass is 437 g/mol. The lowest BCUT2D eigenvalue weighted by Crippen LogP contribution is -2.33. The Balaban J connectivity index is 1.62. The van der Waals surface area contributed by atoms with Crippen molar-refractivity contribution in [3.05, 3.63) is 54.1 Å². The van der Waals surface area contributed by atoms with Crippen LogP contribution in [-0.4, -0.2) is 54.4 Å². The molecule has 0 amide bonds. The van der Waals surface area contributed by atoms with Crippen molar-refractivity contribution in [2.75, 3.05) is 32.0 Å². The minimum atomic E-state index is -3.78. The molecule has 0 saturated carbocycles. The van der Waals surface area contributed by atoms with Gasteiger partial charge in [0.05, 0.1) is 15.5 Å². The minimum Gasteiger partial charge on any atom is -0.492 e. The molecule has 4 rings (SSSR count). The third-order valence-corrected chi connectivity index (χ3v) is 9.79. The van der Waals surface area contributed by atoms with Crippen molar-refractivity contribution in [1.82, 2.24) is 4.90 Å². The average molecular weight is 438 g/mol. The van der Waals surface area contributed by atoms with Crippen LogP contribution < -0.4 is 4.74 Å². The third-order valence-electron chi connectivity index (χ3n) is 5.64. The predicted octanol–water partition coefficient (Wildman–Crippen LogP) is 4.19. The highest BCUT2D eigenvalue weighted by molar-refractivity contribution is 8.25. The van der Waals surface area contributed by atoms with E-state index in [4.69, 9.17) is 4.74 Å². The van der Waals surface area contributed by atoms with Crippen LogP contribution in [0.25, 0.3) is 0 Å². The molecule has 0 aromatic heterocycles. The second-order valence-corrected chi connectivity index (χ2v) is 11.8. The second-order valence-electron chi connectivity index (χ2n) is 7.60. The first-order valence-corrected chi connectivity index (χ1v) is 13.2.